The number of anilines is 1. The van der Waals surface area contributed by atoms with Crippen LogP contribution in [0.5, 0.6) is 23.3 Å². The Bertz CT molecular complexity index is 1610. The van der Waals surface area contributed by atoms with Crippen LogP contribution in [0.4, 0.5) is 14.5 Å². The number of nitrogens with zero attached hydrogens (tertiary/aromatic N) is 1. The number of aromatic nitrogens is 1. The van der Waals surface area contributed by atoms with Crippen LogP contribution >= 0.6 is 0 Å². The number of nitrogen functional groups attached to an aromatic ring is 1. The molecule has 0 aliphatic heterocycles. The van der Waals surface area contributed by atoms with Crippen molar-refractivity contribution in [2.24, 2.45) is 5.73 Å². The number of carbonyl (C=O) groups is 2. The number of rotatable bonds is 9. The smallest absolute Gasteiger partial charge is 0.342 e. The van der Waals surface area contributed by atoms with Crippen molar-refractivity contribution >= 4 is 23.4 Å². The quantitative estimate of drug-likeness (QED) is 0.132. The predicted molar refractivity (Wildman–Crippen MR) is 144 cm³/mol. The van der Waals surface area contributed by atoms with Crippen LogP contribution in [0.25, 0.3) is 11.1 Å². The number of hydrogen-bond donors (Lipinski definition) is 3. The summed E-state index contributed by atoms with van der Waals surface area (Å²) < 4.78 is 45.6. The summed E-state index contributed by atoms with van der Waals surface area (Å²) in [4.78, 5) is 27.8. The molecule has 0 saturated heterocycles. The lowest BCUT2D eigenvalue weighted by Crippen LogP contribution is -2.10. The van der Waals surface area contributed by atoms with Gasteiger partial charge in [0, 0.05) is 24.2 Å². The van der Waals surface area contributed by atoms with Crippen LogP contribution in [0.1, 0.15) is 29.8 Å². The van der Waals surface area contributed by atoms with E-state index in [0.29, 0.717) is 17.2 Å². The van der Waals surface area contributed by atoms with E-state index in [9.17, 15) is 18.4 Å². The molecule has 204 valence electrons. The fourth-order valence-electron chi connectivity index (χ4n) is 3.67. The number of benzene rings is 3. The van der Waals surface area contributed by atoms with Crippen molar-refractivity contribution in [2.45, 2.75) is 13.8 Å². The molecule has 0 radical (unpaired) electrons. The van der Waals surface area contributed by atoms with Gasteiger partial charge < -0.3 is 25.3 Å². The summed E-state index contributed by atoms with van der Waals surface area (Å²) in [7, 11) is 0. The molecule has 4 N–H and O–H groups in total. The molecule has 0 saturated carbocycles. The second-order valence-electron chi connectivity index (χ2n) is 8.40. The van der Waals surface area contributed by atoms with E-state index in [-0.39, 0.29) is 41.1 Å². The number of esters is 1. The molecule has 1 heterocycles. The monoisotopic (exact) mass is 546 g/mol. The third kappa shape index (κ3) is 6.57. The molecule has 0 aliphatic rings. The van der Waals surface area contributed by atoms with Crippen molar-refractivity contribution in [2.75, 3.05) is 11.9 Å². The van der Waals surface area contributed by atoms with E-state index in [1.807, 2.05) is 6.07 Å². The summed E-state index contributed by atoms with van der Waals surface area (Å²) in [6.45, 7) is 2.96. The molecule has 0 aliphatic carbocycles. The highest BCUT2D eigenvalue weighted by molar-refractivity contribution is 5.96. The van der Waals surface area contributed by atoms with E-state index in [0.717, 1.165) is 5.56 Å². The highest BCUT2D eigenvalue weighted by Crippen LogP contribution is 2.34. The minimum Gasteiger partial charge on any atom is -0.462 e. The summed E-state index contributed by atoms with van der Waals surface area (Å²) in [5.74, 6) is -4.62. The number of halogens is 2. The summed E-state index contributed by atoms with van der Waals surface area (Å²) in [6.07, 6.45) is 0. The molecule has 3 aromatic carbocycles. The van der Waals surface area contributed by atoms with Gasteiger partial charge in [0.25, 0.3) is 11.8 Å². The number of nitrogens with two attached hydrogens (primary N) is 1. The van der Waals surface area contributed by atoms with E-state index in [1.54, 1.807) is 49.4 Å². The average Bonchev–Trinajstić information content (AvgIpc) is 2.92. The lowest BCUT2D eigenvalue weighted by molar-refractivity contribution is -0.114. The molecule has 4 rings (SSSR count). The zero-order valence-electron chi connectivity index (χ0n) is 21.5. The lowest BCUT2D eigenvalue weighted by atomic mass is 10.0. The van der Waals surface area contributed by atoms with E-state index >= 15 is 0 Å². The molecule has 0 fully saturated rings. The molecule has 0 bridgehead atoms. The van der Waals surface area contributed by atoms with Crippen molar-refractivity contribution in [1.82, 2.24) is 4.98 Å². The van der Waals surface area contributed by atoms with Gasteiger partial charge in [-0.2, -0.15) is 4.98 Å². The van der Waals surface area contributed by atoms with Crippen molar-refractivity contribution in [3.63, 3.8) is 0 Å². The highest BCUT2D eigenvalue weighted by atomic mass is 19.1. The molecule has 0 atom stereocenters. The Kier molecular flexibility index (Phi) is 8.33. The number of nitrogens with one attached hydrogen (secondary N) is 2. The maximum Gasteiger partial charge on any atom is 0.342 e. The van der Waals surface area contributed by atoms with Gasteiger partial charge in [-0.15, -0.1) is 0 Å². The molecule has 40 heavy (non-hydrogen) atoms. The first-order valence-electron chi connectivity index (χ1n) is 12.0. The maximum absolute atomic E-state index is 14.7. The Hall–Kier alpha value is -5.32. The van der Waals surface area contributed by atoms with Crippen LogP contribution in [0.15, 0.2) is 72.8 Å². The normalized spacial score (nSPS) is 10.5. The summed E-state index contributed by atoms with van der Waals surface area (Å²) >= 11 is 0. The second-order valence-corrected chi connectivity index (χ2v) is 8.40. The molecule has 1 amide bonds. The van der Waals surface area contributed by atoms with Crippen LogP contribution in [0, 0.1) is 17.0 Å². The first kappa shape index (κ1) is 27.7. The minimum atomic E-state index is -1.14. The third-order valence-corrected chi connectivity index (χ3v) is 5.42. The van der Waals surface area contributed by atoms with Gasteiger partial charge in [0.15, 0.2) is 11.6 Å². The predicted octanol–water partition coefficient (Wildman–Crippen LogP) is 6.03. The van der Waals surface area contributed by atoms with Gasteiger partial charge in [-0.1, -0.05) is 30.3 Å². The van der Waals surface area contributed by atoms with Crippen LogP contribution in [-0.4, -0.2) is 29.3 Å². The summed E-state index contributed by atoms with van der Waals surface area (Å²) in [5, 5.41) is 10.2. The number of carbonyl (C=O) groups excluding carboxylic acids is 2. The zero-order valence-corrected chi connectivity index (χ0v) is 21.5. The SMILES string of the molecule is CCOC(=O)c1cc(NC(C)=O)ccc1Oc1nc(Oc2cccc(-c3cccc(C(=N)N)c3)c2)c(F)cc1F. The summed E-state index contributed by atoms with van der Waals surface area (Å²) in [6, 6.07) is 18.2. The lowest BCUT2D eigenvalue weighted by Gasteiger charge is -2.14. The van der Waals surface area contributed by atoms with Gasteiger partial charge >= 0.3 is 5.97 Å². The number of ether oxygens (including phenoxy) is 3. The maximum atomic E-state index is 14.7. The van der Waals surface area contributed by atoms with E-state index in [4.69, 9.17) is 25.4 Å². The molecular formula is C29H24F2N4O5. The van der Waals surface area contributed by atoms with Gasteiger partial charge in [-0.25, -0.2) is 13.6 Å². The zero-order chi connectivity index (χ0) is 28.8. The first-order chi connectivity index (χ1) is 19.1. The Labute approximate surface area is 228 Å². The minimum absolute atomic E-state index is 0.0574. The van der Waals surface area contributed by atoms with Crippen LogP contribution < -0.4 is 20.5 Å². The standard InChI is InChI=1S/C29H24F2N4O5/c1-3-38-29(37)22-14-20(34-16(2)36)10-11-25(22)40-28-24(31)15-23(30)27(35-28)39-21-9-5-7-18(13-21)17-6-4-8-19(12-17)26(32)33/h4-15H,3H2,1-2H3,(H3,32,33)(H,34,36). The Morgan fingerprint density at radius 2 is 1.60 bits per heavy atom. The highest BCUT2D eigenvalue weighted by Gasteiger charge is 2.21. The van der Waals surface area contributed by atoms with E-state index < -0.39 is 29.4 Å². The Morgan fingerprint density at radius 3 is 2.27 bits per heavy atom. The van der Waals surface area contributed by atoms with E-state index in [1.165, 1.54) is 25.1 Å². The average molecular weight is 547 g/mol. The molecular weight excluding hydrogens is 522 g/mol. The molecule has 1 aromatic heterocycles. The van der Waals surface area contributed by atoms with E-state index in [2.05, 4.69) is 10.3 Å². The Morgan fingerprint density at radius 1 is 0.925 bits per heavy atom. The van der Waals surface area contributed by atoms with Gasteiger partial charge in [0.1, 0.15) is 22.9 Å². The van der Waals surface area contributed by atoms with Crippen LogP contribution in [-0.2, 0) is 9.53 Å². The molecule has 4 aromatic rings. The molecule has 11 heteroatoms. The largest absolute Gasteiger partial charge is 0.462 e. The van der Waals surface area contributed by atoms with Crippen LogP contribution in [0.2, 0.25) is 0 Å². The topological polar surface area (TPSA) is 137 Å². The first-order valence-corrected chi connectivity index (χ1v) is 12.0. The number of hydrogen-bond acceptors (Lipinski definition) is 7. The Balaban J connectivity index is 1.65. The fraction of sp³-hybridized carbons (Fsp3) is 0.103. The second kappa shape index (κ2) is 12.0. The molecule has 0 spiro atoms. The van der Waals surface area contributed by atoms with Crippen molar-refractivity contribution in [3.8, 4) is 34.4 Å². The van der Waals surface area contributed by atoms with Gasteiger partial charge in [0.2, 0.25) is 5.91 Å². The van der Waals surface area contributed by atoms with Crippen LogP contribution in [0.3, 0.4) is 0 Å². The van der Waals surface area contributed by atoms with Gasteiger partial charge in [-0.05, 0) is 54.4 Å². The number of amidine groups is 1. The third-order valence-electron chi connectivity index (χ3n) is 5.42. The molecule has 9 nitrogen and oxygen atoms in total. The van der Waals surface area contributed by atoms with Crippen molar-refractivity contribution in [1.29, 1.82) is 5.41 Å². The summed E-state index contributed by atoms with van der Waals surface area (Å²) in [5.41, 5.74) is 7.72. The van der Waals surface area contributed by atoms with Crippen molar-refractivity contribution < 1.29 is 32.6 Å². The number of pyridine rings is 1. The van der Waals surface area contributed by atoms with Crippen molar-refractivity contribution in [3.05, 3.63) is 95.6 Å². The molecule has 0 unspecified atom stereocenters. The fourth-order valence-corrected chi connectivity index (χ4v) is 3.67. The van der Waals surface area contributed by atoms with Gasteiger partial charge in [-0.3, -0.25) is 10.2 Å². The van der Waals surface area contributed by atoms with Gasteiger partial charge in [0.05, 0.1) is 6.61 Å². The number of amides is 1.